The van der Waals surface area contributed by atoms with E-state index in [1.54, 1.807) is 0 Å². The van der Waals surface area contributed by atoms with Crippen molar-refractivity contribution in [3.05, 3.63) is 0 Å². The number of rotatable bonds is 10. The van der Waals surface area contributed by atoms with E-state index >= 15 is 0 Å². The van der Waals surface area contributed by atoms with Gasteiger partial charge in [0, 0.05) is 12.3 Å². The molecule has 0 amide bonds. The lowest BCUT2D eigenvalue weighted by atomic mass is 9.92. The molecule has 4 heteroatoms. The minimum absolute atomic E-state index is 0.122. The Morgan fingerprint density at radius 2 is 1.82 bits per heavy atom. The molecule has 0 spiro atoms. The monoisotopic (exact) mass is 263 g/mol. The van der Waals surface area contributed by atoms with Gasteiger partial charge in [-0.3, -0.25) is 0 Å². The second-order valence-corrected chi connectivity index (χ2v) is 7.18. The van der Waals surface area contributed by atoms with Gasteiger partial charge in [0.1, 0.15) is 9.84 Å². The van der Waals surface area contributed by atoms with Crippen LogP contribution >= 0.6 is 0 Å². The van der Waals surface area contributed by atoms with Crippen molar-refractivity contribution in [2.24, 2.45) is 5.92 Å². The SMILES string of the molecule is CCCCC(CC)CC(CS(C)(=O)=O)NCC. The van der Waals surface area contributed by atoms with Crippen LogP contribution in [0.25, 0.3) is 0 Å². The average Bonchev–Trinajstić information content (AvgIpc) is 2.22. The molecule has 0 aliphatic rings. The second kappa shape index (κ2) is 8.92. The number of nitrogens with one attached hydrogen (secondary N) is 1. The van der Waals surface area contributed by atoms with Gasteiger partial charge < -0.3 is 5.32 Å². The molecular formula is C13H29NO2S. The molecule has 0 fully saturated rings. The minimum Gasteiger partial charge on any atom is -0.313 e. The van der Waals surface area contributed by atoms with Gasteiger partial charge in [-0.1, -0.05) is 46.5 Å². The Balaban J connectivity index is 4.29. The van der Waals surface area contributed by atoms with Crippen molar-refractivity contribution in [2.75, 3.05) is 18.6 Å². The smallest absolute Gasteiger partial charge is 0.148 e. The molecule has 2 unspecified atom stereocenters. The van der Waals surface area contributed by atoms with E-state index < -0.39 is 9.84 Å². The molecule has 0 bridgehead atoms. The number of hydrogen-bond acceptors (Lipinski definition) is 3. The zero-order valence-corrected chi connectivity index (χ0v) is 12.6. The summed E-state index contributed by atoms with van der Waals surface area (Å²) < 4.78 is 22.7. The van der Waals surface area contributed by atoms with Crippen molar-refractivity contribution in [1.82, 2.24) is 5.32 Å². The normalized spacial score (nSPS) is 15.8. The zero-order valence-electron chi connectivity index (χ0n) is 11.8. The molecule has 2 atom stereocenters. The van der Waals surface area contributed by atoms with Gasteiger partial charge in [0.2, 0.25) is 0 Å². The van der Waals surface area contributed by atoms with Crippen LogP contribution in [0, 0.1) is 5.92 Å². The highest BCUT2D eigenvalue weighted by atomic mass is 32.2. The van der Waals surface area contributed by atoms with Gasteiger partial charge in [-0.15, -0.1) is 0 Å². The molecule has 0 saturated heterocycles. The van der Waals surface area contributed by atoms with Crippen LogP contribution < -0.4 is 5.32 Å². The van der Waals surface area contributed by atoms with E-state index in [4.69, 9.17) is 0 Å². The maximum Gasteiger partial charge on any atom is 0.148 e. The topological polar surface area (TPSA) is 46.2 Å². The van der Waals surface area contributed by atoms with Crippen LogP contribution in [-0.4, -0.2) is 33.0 Å². The zero-order chi connectivity index (χ0) is 13.3. The van der Waals surface area contributed by atoms with E-state index in [0.29, 0.717) is 5.92 Å². The summed E-state index contributed by atoms with van der Waals surface area (Å²) in [5, 5.41) is 3.30. The summed E-state index contributed by atoms with van der Waals surface area (Å²) in [4.78, 5) is 0. The van der Waals surface area contributed by atoms with Crippen LogP contribution in [0.15, 0.2) is 0 Å². The maximum absolute atomic E-state index is 11.4. The molecule has 0 aromatic rings. The van der Waals surface area contributed by atoms with Crippen molar-refractivity contribution in [3.8, 4) is 0 Å². The van der Waals surface area contributed by atoms with Gasteiger partial charge in [-0.2, -0.15) is 0 Å². The lowest BCUT2D eigenvalue weighted by Gasteiger charge is -2.22. The van der Waals surface area contributed by atoms with Crippen LogP contribution in [-0.2, 0) is 9.84 Å². The molecular weight excluding hydrogens is 234 g/mol. The predicted molar refractivity (Wildman–Crippen MR) is 75.1 cm³/mol. The lowest BCUT2D eigenvalue weighted by Crippen LogP contribution is -2.37. The largest absolute Gasteiger partial charge is 0.313 e. The molecule has 0 aromatic carbocycles. The Morgan fingerprint density at radius 3 is 2.24 bits per heavy atom. The van der Waals surface area contributed by atoms with Crippen LogP contribution in [0.5, 0.6) is 0 Å². The molecule has 0 aliphatic carbocycles. The second-order valence-electron chi connectivity index (χ2n) is 5.00. The first kappa shape index (κ1) is 16.9. The number of sulfone groups is 1. The molecule has 104 valence electrons. The quantitative estimate of drug-likeness (QED) is 0.659. The summed E-state index contributed by atoms with van der Waals surface area (Å²) in [6, 6.07) is 0.122. The summed E-state index contributed by atoms with van der Waals surface area (Å²) in [7, 11) is -2.88. The first-order valence-corrected chi connectivity index (χ1v) is 8.90. The maximum atomic E-state index is 11.4. The molecule has 1 N–H and O–H groups in total. The molecule has 0 saturated carbocycles. The first-order valence-electron chi connectivity index (χ1n) is 6.84. The Hall–Kier alpha value is -0.0900. The Kier molecular flexibility index (Phi) is 8.88. The average molecular weight is 263 g/mol. The van der Waals surface area contributed by atoms with Gasteiger partial charge in [-0.25, -0.2) is 8.42 Å². The van der Waals surface area contributed by atoms with Gasteiger partial charge in [-0.05, 0) is 18.9 Å². The van der Waals surface area contributed by atoms with E-state index in [9.17, 15) is 8.42 Å². The Bertz CT molecular complexity index is 275. The van der Waals surface area contributed by atoms with Crippen LogP contribution in [0.2, 0.25) is 0 Å². The van der Waals surface area contributed by atoms with E-state index in [1.807, 2.05) is 6.92 Å². The third kappa shape index (κ3) is 9.60. The van der Waals surface area contributed by atoms with Gasteiger partial charge in [0.25, 0.3) is 0 Å². The summed E-state index contributed by atoms with van der Waals surface area (Å²) in [6.45, 7) is 7.27. The highest BCUT2D eigenvalue weighted by Crippen LogP contribution is 2.19. The highest BCUT2D eigenvalue weighted by molar-refractivity contribution is 7.90. The van der Waals surface area contributed by atoms with Crippen molar-refractivity contribution in [2.45, 2.75) is 58.9 Å². The summed E-state index contributed by atoms with van der Waals surface area (Å²) in [5.74, 6) is 0.921. The van der Waals surface area contributed by atoms with E-state index in [2.05, 4.69) is 19.2 Å². The Labute approximate surface area is 107 Å². The minimum atomic E-state index is -2.88. The molecule has 0 aromatic heterocycles. The van der Waals surface area contributed by atoms with E-state index in [0.717, 1.165) is 19.4 Å². The number of unbranched alkanes of at least 4 members (excludes halogenated alkanes) is 1. The summed E-state index contributed by atoms with van der Waals surface area (Å²) in [5.41, 5.74) is 0. The van der Waals surface area contributed by atoms with Gasteiger partial charge >= 0.3 is 0 Å². The molecule has 3 nitrogen and oxygen atoms in total. The predicted octanol–water partition coefficient (Wildman–Crippen LogP) is 2.62. The fourth-order valence-electron chi connectivity index (χ4n) is 2.25. The third-order valence-corrected chi connectivity index (χ3v) is 4.17. The molecule has 0 radical (unpaired) electrons. The first-order chi connectivity index (χ1) is 7.92. The van der Waals surface area contributed by atoms with Crippen molar-refractivity contribution >= 4 is 9.84 Å². The fourth-order valence-corrected chi connectivity index (χ4v) is 3.23. The van der Waals surface area contributed by atoms with Crippen LogP contribution in [0.4, 0.5) is 0 Å². The fraction of sp³-hybridized carbons (Fsp3) is 1.00. The van der Waals surface area contributed by atoms with E-state index in [-0.39, 0.29) is 11.8 Å². The lowest BCUT2D eigenvalue weighted by molar-refractivity contribution is 0.365. The molecule has 0 heterocycles. The molecule has 0 aliphatic heterocycles. The molecule has 17 heavy (non-hydrogen) atoms. The Morgan fingerprint density at radius 1 is 1.18 bits per heavy atom. The van der Waals surface area contributed by atoms with Crippen LogP contribution in [0.3, 0.4) is 0 Å². The van der Waals surface area contributed by atoms with Gasteiger partial charge in [0.15, 0.2) is 0 Å². The van der Waals surface area contributed by atoms with Crippen molar-refractivity contribution < 1.29 is 8.42 Å². The summed E-state index contributed by atoms with van der Waals surface area (Å²) >= 11 is 0. The van der Waals surface area contributed by atoms with Crippen molar-refractivity contribution in [3.63, 3.8) is 0 Å². The number of hydrogen-bond donors (Lipinski definition) is 1. The third-order valence-electron chi connectivity index (χ3n) is 3.16. The summed E-state index contributed by atoms with van der Waals surface area (Å²) in [6.07, 6.45) is 7.14. The van der Waals surface area contributed by atoms with Crippen LogP contribution in [0.1, 0.15) is 52.9 Å². The van der Waals surface area contributed by atoms with Gasteiger partial charge in [0.05, 0.1) is 5.75 Å². The van der Waals surface area contributed by atoms with Crippen molar-refractivity contribution in [1.29, 1.82) is 0 Å². The molecule has 0 rings (SSSR count). The van der Waals surface area contributed by atoms with E-state index in [1.165, 1.54) is 25.5 Å². The highest BCUT2D eigenvalue weighted by Gasteiger charge is 2.18. The standard InChI is InChI=1S/C13H29NO2S/c1-5-8-9-12(6-2)10-13(14-7-3)11-17(4,15)16/h12-14H,5-11H2,1-4H3.